The molecule has 0 radical (unpaired) electrons. The zero-order valence-electron chi connectivity index (χ0n) is 15.2. The molecule has 0 spiro atoms. The van der Waals surface area contributed by atoms with Crippen molar-refractivity contribution in [2.45, 2.75) is 26.3 Å². The number of benzene rings is 2. The van der Waals surface area contributed by atoms with E-state index in [1.165, 1.54) is 0 Å². The highest BCUT2D eigenvalue weighted by Gasteiger charge is 2.19. The minimum Gasteiger partial charge on any atom is -0.496 e. The molecule has 1 heterocycles. The summed E-state index contributed by atoms with van der Waals surface area (Å²) in [5.74, 6) is 0.420. The third-order valence-electron chi connectivity index (χ3n) is 4.62. The van der Waals surface area contributed by atoms with E-state index in [1.807, 2.05) is 48.2 Å². The van der Waals surface area contributed by atoms with Crippen LogP contribution in [0, 0.1) is 6.92 Å². The molecule has 3 rings (SSSR count). The predicted molar refractivity (Wildman–Crippen MR) is 100 cm³/mol. The average Bonchev–Trinajstić information content (AvgIpc) is 3.20. The Kier molecular flexibility index (Phi) is 5.56. The molecule has 1 aliphatic heterocycles. The van der Waals surface area contributed by atoms with Crippen LogP contribution in [0.1, 0.15) is 44.7 Å². The van der Waals surface area contributed by atoms with E-state index >= 15 is 0 Å². The SMILES string of the molecule is COc1ccc(C)cc1C(=O)NCc1cccc(C(=O)N2CCCC2)c1. The van der Waals surface area contributed by atoms with E-state index in [0.29, 0.717) is 23.4 Å². The molecular weight excluding hydrogens is 328 g/mol. The highest BCUT2D eigenvalue weighted by atomic mass is 16.5. The largest absolute Gasteiger partial charge is 0.496 e. The van der Waals surface area contributed by atoms with Gasteiger partial charge in [0.1, 0.15) is 5.75 Å². The highest BCUT2D eigenvalue weighted by Crippen LogP contribution is 2.20. The maximum atomic E-state index is 12.5. The number of methoxy groups -OCH3 is 1. The molecule has 136 valence electrons. The molecule has 1 N–H and O–H groups in total. The fourth-order valence-electron chi connectivity index (χ4n) is 3.19. The zero-order valence-corrected chi connectivity index (χ0v) is 15.2. The lowest BCUT2D eigenvalue weighted by Crippen LogP contribution is -2.28. The van der Waals surface area contributed by atoms with Gasteiger partial charge in [-0.2, -0.15) is 0 Å². The second-order valence-electron chi connectivity index (χ2n) is 6.59. The molecule has 2 amide bonds. The molecule has 1 saturated heterocycles. The van der Waals surface area contributed by atoms with Crippen LogP contribution in [-0.4, -0.2) is 36.9 Å². The average molecular weight is 352 g/mol. The van der Waals surface area contributed by atoms with Crippen LogP contribution in [0.2, 0.25) is 0 Å². The molecule has 26 heavy (non-hydrogen) atoms. The van der Waals surface area contributed by atoms with Crippen molar-refractivity contribution in [2.75, 3.05) is 20.2 Å². The van der Waals surface area contributed by atoms with Crippen molar-refractivity contribution in [2.24, 2.45) is 0 Å². The van der Waals surface area contributed by atoms with Crippen LogP contribution in [0.3, 0.4) is 0 Å². The lowest BCUT2D eigenvalue weighted by atomic mass is 10.1. The lowest BCUT2D eigenvalue weighted by Gasteiger charge is -2.16. The number of carbonyl (C=O) groups is 2. The van der Waals surface area contributed by atoms with Crippen molar-refractivity contribution in [3.63, 3.8) is 0 Å². The summed E-state index contributed by atoms with van der Waals surface area (Å²) in [6.07, 6.45) is 2.14. The van der Waals surface area contributed by atoms with Gasteiger partial charge in [-0.3, -0.25) is 9.59 Å². The number of rotatable bonds is 5. The number of nitrogens with zero attached hydrogens (tertiary/aromatic N) is 1. The Morgan fingerprint density at radius 1 is 1.12 bits per heavy atom. The van der Waals surface area contributed by atoms with Gasteiger partial charge in [-0.1, -0.05) is 23.8 Å². The molecule has 0 saturated carbocycles. The van der Waals surface area contributed by atoms with Gasteiger partial charge in [-0.25, -0.2) is 0 Å². The van der Waals surface area contributed by atoms with E-state index in [2.05, 4.69) is 5.32 Å². The van der Waals surface area contributed by atoms with Crippen molar-refractivity contribution in [1.29, 1.82) is 0 Å². The number of hydrogen-bond acceptors (Lipinski definition) is 3. The molecule has 5 nitrogen and oxygen atoms in total. The summed E-state index contributed by atoms with van der Waals surface area (Å²) in [5.41, 5.74) is 3.08. The number of nitrogens with one attached hydrogen (secondary N) is 1. The zero-order chi connectivity index (χ0) is 18.5. The Morgan fingerprint density at radius 3 is 2.62 bits per heavy atom. The standard InChI is InChI=1S/C21H24N2O3/c1-15-8-9-19(26-2)18(12-15)20(24)22-14-16-6-5-7-17(13-16)21(25)23-10-3-4-11-23/h5-9,12-13H,3-4,10-11,14H2,1-2H3,(H,22,24). The van der Waals surface area contributed by atoms with Crippen molar-refractivity contribution in [3.05, 3.63) is 64.7 Å². The molecule has 2 aromatic rings. The maximum absolute atomic E-state index is 12.5. The van der Waals surface area contributed by atoms with Crippen LogP contribution in [0.25, 0.3) is 0 Å². The van der Waals surface area contributed by atoms with Crippen LogP contribution in [0.4, 0.5) is 0 Å². The Morgan fingerprint density at radius 2 is 1.88 bits per heavy atom. The highest BCUT2D eigenvalue weighted by molar-refractivity contribution is 5.97. The summed E-state index contributed by atoms with van der Waals surface area (Å²) in [6, 6.07) is 13.0. The lowest BCUT2D eigenvalue weighted by molar-refractivity contribution is 0.0792. The second kappa shape index (κ2) is 8.04. The number of ether oxygens (including phenoxy) is 1. The molecule has 5 heteroatoms. The molecular formula is C21H24N2O3. The maximum Gasteiger partial charge on any atom is 0.255 e. The van der Waals surface area contributed by atoms with E-state index in [1.54, 1.807) is 13.2 Å². The molecule has 2 aromatic carbocycles. The van der Waals surface area contributed by atoms with E-state index in [4.69, 9.17) is 4.74 Å². The summed E-state index contributed by atoms with van der Waals surface area (Å²) in [7, 11) is 1.55. The number of carbonyl (C=O) groups excluding carboxylic acids is 2. The van der Waals surface area contributed by atoms with Gasteiger partial charge in [-0.05, 0) is 49.6 Å². The van der Waals surface area contributed by atoms with Gasteiger partial charge in [0.05, 0.1) is 12.7 Å². The first-order valence-corrected chi connectivity index (χ1v) is 8.89. The summed E-state index contributed by atoms with van der Waals surface area (Å²) < 4.78 is 5.27. The fourth-order valence-corrected chi connectivity index (χ4v) is 3.19. The smallest absolute Gasteiger partial charge is 0.255 e. The van der Waals surface area contributed by atoms with Crippen LogP contribution < -0.4 is 10.1 Å². The van der Waals surface area contributed by atoms with E-state index in [9.17, 15) is 9.59 Å². The number of hydrogen-bond donors (Lipinski definition) is 1. The summed E-state index contributed by atoms with van der Waals surface area (Å²) in [4.78, 5) is 26.9. The molecule has 0 unspecified atom stereocenters. The van der Waals surface area contributed by atoms with Crippen molar-refractivity contribution in [1.82, 2.24) is 10.2 Å². The Labute approximate surface area is 154 Å². The predicted octanol–water partition coefficient (Wildman–Crippen LogP) is 3.17. The number of amides is 2. The first-order valence-electron chi connectivity index (χ1n) is 8.89. The molecule has 0 aromatic heterocycles. The number of aryl methyl sites for hydroxylation is 1. The van der Waals surface area contributed by atoms with Gasteiger partial charge in [0, 0.05) is 25.2 Å². The second-order valence-corrected chi connectivity index (χ2v) is 6.59. The first kappa shape index (κ1) is 18.0. The molecule has 1 fully saturated rings. The Hall–Kier alpha value is -2.82. The third kappa shape index (κ3) is 4.04. The number of likely N-dealkylation sites (tertiary alicyclic amines) is 1. The van der Waals surface area contributed by atoms with Crippen LogP contribution in [-0.2, 0) is 6.54 Å². The fraction of sp³-hybridized carbons (Fsp3) is 0.333. The van der Waals surface area contributed by atoms with Crippen LogP contribution >= 0.6 is 0 Å². The quantitative estimate of drug-likeness (QED) is 0.899. The molecule has 0 atom stereocenters. The van der Waals surface area contributed by atoms with E-state index < -0.39 is 0 Å². The minimum absolute atomic E-state index is 0.0658. The van der Waals surface area contributed by atoms with Crippen LogP contribution in [0.5, 0.6) is 5.75 Å². The van der Waals surface area contributed by atoms with Gasteiger partial charge in [0.25, 0.3) is 11.8 Å². The van der Waals surface area contributed by atoms with Gasteiger partial charge >= 0.3 is 0 Å². The van der Waals surface area contributed by atoms with Crippen molar-refractivity contribution < 1.29 is 14.3 Å². The van der Waals surface area contributed by atoms with Gasteiger partial charge in [0.15, 0.2) is 0 Å². The van der Waals surface area contributed by atoms with E-state index in [0.717, 1.165) is 37.1 Å². The Bertz CT molecular complexity index is 811. The Balaban J connectivity index is 1.68. The van der Waals surface area contributed by atoms with E-state index in [-0.39, 0.29) is 11.8 Å². The van der Waals surface area contributed by atoms with Gasteiger partial charge in [0.2, 0.25) is 0 Å². The normalized spacial score (nSPS) is 13.5. The van der Waals surface area contributed by atoms with Gasteiger partial charge < -0.3 is 15.0 Å². The summed E-state index contributed by atoms with van der Waals surface area (Å²) >= 11 is 0. The third-order valence-corrected chi connectivity index (χ3v) is 4.62. The molecule has 1 aliphatic rings. The monoisotopic (exact) mass is 352 g/mol. The molecule has 0 aliphatic carbocycles. The minimum atomic E-state index is -0.193. The first-order chi connectivity index (χ1) is 12.6. The summed E-state index contributed by atoms with van der Waals surface area (Å²) in [6.45, 7) is 3.95. The molecule has 0 bridgehead atoms. The topological polar surface area (TPSA) is 58.6 Å². The van der Waals surface area contributed by atoms with Crippen molar-refractivity contribution in [3.8, 4) is 5.75 Å². The van der Waals surface area contributed by atoms with Crippen molar-refractivity contribution >= 4 is 11.8 Å². The van der Waals surface area contributed by atoms with Crippen LogP contribution in [0.15, 0.2) is 42.5 Å². The van der Waals surface area contributed by atoms with Gasteiger partial charge in [-0.15, -0.1) is 0 Å². The summed E-state index contributed by atoms with van der Waals surface area (Å²) in [5, 5.41) is 2.91.